The molecule has 2 heteroatoms. The maximum atomic E-state index is 3.48. The lowest BCUT2D eigenvalue weighted by atomic mass is 9.77. The minimum atomic E-state index is 0.0675. The molecule has 0 fully saturated rings. The molecule has 0 bridgehead atoms. The van der Waals surface area contributed by atoms with Gasteiger partial charge >= 0.3 is 0 Å². The van der Waals surface area contributed by atoms with Gasteiger partial charge in [-0.1, -0.05) is 119 Å². The van der Waals surface area contributed by atoms with E-state index in [1.807, 2.05) is 0 Å². The van der Waals surface area contributed by atoms with Crippen molar-refractivity contribution >= 4 is 6.08 Å². The van der Waals surface area contributed by atoms with E-state index in [1.165, 1.54) is 33.4 Å². The molecule has 0 saturated carbocycles. The van der Waals surface area contributed by atoms with Gasteiger partial charge in [0, 0.05) is 12.4 Å². The Morgan fingerprint density at radius 3 is 1.69 bits per heavy atom. The zero-order valence-electron chi connectivity index (χ0n) is 24.3. The van der Waals surface area contributed by atoms with E-state index in [2.05, 4.69) is 154 Å². The smallest absolute Gasteiger partial charge is 0.0948 e. The molecule has 0 saturated heterocycles. The van der Waals surface area contributed by atoms with Crippen LogP contribution in [0.4, 0.5) is 0 Å². The Balaban J connectivity index is 2.07. The van der Waals surface area contributed by atoms with E-state index in [0.717, 1.165) is 0 Å². The summed E-state index contributed by atoms with van der Waals surface area (Å²) >= 11 is 0. The van der Waals surface area contributed by atoms with Crippen molar-refractivity contribution in [2.45, 2.75) is 111 Å². The third kappa shape index (κ3) is 6.21. The summed E-state index contributed by atoms with van der Waals surface area (Å²) < 4.78 is 0. The summed E-state index contributed by atoms with van der Waals surface area (Å²) in [7, 11) is 0. The fraction of sp³-hybridized carbons (Fsp3) is 0.515. The normalized spacial score (nSPS) is 17.4. The van der Waals surface area contributed by atoms with Gasteiger partial charge in [-0.05, 0) is 67.2 Å². The third-order valence-corrected chi connectivity index (χ3v) is 6.99. The first-order valence-corrected chi connectivity index (χ1v) is 13.1. The molecule has 1 atom stereocenters. The molecule has 2 aromatic carbocycles. The number of hydrazine groups is 1. The fourth-order valence-electron chi connectivity index (χ4n) is 4.75. The molecule has 1 aliphatic heterocycles. The van der Waals surface area contributed by atoms with Gasteiger partial charge in [0.05, 0.1) is 6.04 Å². The SMILES string of the molecule is CC(C)(C)c1ccc(C(C)(C)C)c(C=CN2NC=CC2c2cc(C(C)(C)C)ccc2C(C)(C)C)c1. The van der Waals surface area contributed by atoms with Gasteiger partial charge in [0.15, 0.2) is 0 Å². The van der Waals surface area contributed by atoms with E-state index in [-0.39, 0.29) is 27.7 Å². The molecule has 0 radical (unpaired) electrons. The van der Waals surface area contributed by atoms with Crippen LogP contribution < -0.4 is 5.43 Å². The van der Waals surface area contributed by atoms with Crippen molar-refractivity contribution in [2.75, 3.05) is 0 Å². The van der Waals surface area contributed by atoms with E-state index < -0.39 is 0 Å². The monoisotopic (exact) mass is 472 g/mol. The molecule has 0 aliphatic carbocycles. The van der Waals surface area contributed by atoms with Crippen LogP contribution in [-0.2, 0) is 21.7 Å². The van der Waals surface area contributed by atoms with Crippen molar-refractivity contribution in [1.29, 1.82) is 0 Å². The Morgan fingerprint density at radius 1 is 0.657 bits per heavy atom. The quantitative estimate of drug-likeness (QED) is 0.479. The molecule has 2 aromatic rings. The van der Waals surface area contributed by atoms with Crippen LogP contribution in [-0.4, -0.2) is 5.01 Å². The third-order valence-electron chi connectivity index (χ3n) is 6.99. The Hall–Kier alpha value is -2.48. The van der Waals surface area contributed by atoms with Gasteiger partial charge in [-0.25, -0.2) is 0 Å². The summed E-state index contributed by atoms with van der Waals surface area (Å²) in [4.78, 5) is 0. The molecular formula is C33H48N2. The summed E-state index contributed by atoms with van der Waals surface area (Å²) in [6.07, 6.45) is 8.85. The molecule has 1 aliphatic rings. The van der Waals surface area contributed by atoms with Crippen molar-refractivity contribution in [3.8, 4) is 0 Å². The van der Waals surface area contributed by atoms with Crippen LogP contribution in [0.25, 0.3) is 6.08 Å². The highest BCUT2D eigenvalue weighted by Crippen LogP contribution is 2.38. The second-order valence-electron chi connectivity index (χ2n) is 14.3. The summed E-state index contributed by atoms with van der Waals surface area (Å²) in [6, 6.07) is 14.2. The number of benzene rings is 2. The van der Waals surface area contributed by atoms with Gasteiger partial charge in [0.2, 0.25) is 0 Å². The predicted molar refractivity (Wildman–Crippen MR) is 154 cm³/mol. The number of hydrogen-bond donors (Lipinski definition) is 1. The molecule has 0 amide bonds. The largest absolute Gasteiger partial charge is 0.306 e. The van der Waals surface area contributed by atoms with Crippen molar-refractivity contribution in [3.05, 3.63) is 88.3 Å². The lowest BCUT2D eigenvalue weighted by Crippen LogP contribution is -2.29. The molecule has 0 aromatic heterocycles. The molecular weight excluding hydrogens is 424 g/mol. The minimum absolute atomic E-state index is 0.0675. The van der Waals surface area contributed by atoms with Gasteiger partial charge in [0.1, 0.15) is 0 Å². The molecule has 35 heavy (non-hydrogen) atoms. The second-order valence-corrected chi connectivity index (χ2v) is 14.3. The van der Waals surface area contributed by atoms with Crippen LogP contribution in [0, 0.1) is 0 Å². The van der Waals surface area contributed by atoms with Gasteiger partial charge in [-0.3, -0.25) is 5.01 Å². The van der Waals surface area contributed by atoms with Crippen molar-refractivity contribution in [2.24, 2.45) is 0 Å². The Morgan fingerprint density at radius 2 is 1.17 bits per heavy atom. The number of rotatable bonds is 3. The average Bonchev–Trinajstić information content (AvgIpc) is 3.17. The van der Waals surface area contributed by atoms with E-state index >= 15 is 0 Å². The highest BCUT2D eigenvalue weighted by Gasteiger charge is 2.29. The predicted octanol–water partition coefficient (Wildman–Crippen LogP) is 8.92. The summed E-state index contributed by atoms with van der Waals surface area (Å²) in [5.74, 6) is 0. The molecule has 3 rings (SSSR count). The summed E-state index contributed by atoms with van der Waals surface area (Å²) in [5, 5.41) is 2.24. The van der Waals surface area contributed by atoms with Crippen LogP contribution in [0.2, 0.25) is 0 Å². The van der Waals surface area contributed by atoms with Gasteiger partial charge in [-0.2, -0.15) is 0 Å². The molecule has 2 nitrogen and oxygen atoms in total. The van der Waals surface area contributed by atoms with Crippen LogP contribution in [0.3, 0.4) is 0 Å². The molecule has 1 heterocycles. The fourth-order valence-corrected chi connectivity index (χ4v) is 4.75. The summed E-state index contributed by atoms with van der Waals surface area (Å²) in [6.45, 7) is 27.5. The zero-order chi connectivity index (χ0) is 26.4. The lowest BCUT2D eigenvalue weighted by Gasteiger charge is -2.32. The van der Waals surface area contributed by atoms with Crippen LogP contribution >= 0.6 is 0 Å². The van der Waals surface area contributed by atoms with Crippen LogP contribution in [0.5, 0.6) is 0 Å². The average molecular weight is 473 g/mol. The van der Waals surface area contributed by atoms with Crippen molar-refractivity contribution in [1.82, 2.24) is 10.4 Å². The molecule has 1 unspecified atom stereocenters. The van der Waals surface area contributed by atoms with Crippen LogP contribution in [0.1, 0.15) is 123 Å². The number of nitrogens with one attached hydrogen (secondary N) is 1. The lowest BCUT2D eigenvalue weighted by molar-refractivity contribution is 0.294. The zero-order valence-corrected chi connectivity index (χ0v) is 24.3. The molecule has 0 spiro atoms. The topological polar surface area (TPSA) is 15.3 Å². The van der Waals surface area contributed by atoms with Gasteiger partial charge < -0.3 is 5.43 Å². The van der Waals surface area contributed by atoms with Crippen molar-refractivity contribution < 1.29 is 0 Å². The highest BCUT2D eigenvalue weighted by atomic mass is 15.5. The Labute approximate surface area is 215 Å². The second kappa shape index (κ2) is 9.19. The standard InChI is InChI=1S/C33H48N2/c1-30(2,3)24-13-15-27(32(7,8)9)23(21-24)18-20-35-29(17-19-34-35)26-22-25(31(4,5)6)14-16-28(26)33(10,11)12/h13-22,29,34H,1-12H3. The molecule has 190 valence electrons. The van der Waals surface area contributed by atoms with Crippen molar-refractivity contribution in [3.63, 3.8) is 0 Å². The Kier molecular flexibility index (Phi) is 7.12. The number of hydrogen-bond acceptors (Lipinski definition) is 2. The van der Waals surface area contributed by atoms with E-state index in [9.17, 15) is 0 Å². The van der Waals surface area contributed by atoms with Gasteiger partial charge in [-0.15, -0.1) is 0 Å². The first-order chi connectivity index (χ1) is 15.9. The van der Waals surface area contributed by atoms with E-state index in [1.54, 1.807) is 0 Å². The maximum absolute atomic E-state index is 3.48. The minimum Gasteiger partial charge on any atom is -0.306 e. The first-order valence-electron chi connectivity index (χ1n) is 13.1. The first kappa shape index (κ1) is 27.1. The maximum Gasteiger partial charge on any atom is 0.0948 e. The molecule has 1 N–H and O–H groups in total. The van der Waals surface area contributed by atoms with Crippen LogP contribution in [0.15, 0.2) is 54.9 Å². The summed E-state index contributed by atoms with van der Waals surface area (Å²) in [5.41, 5.74) is 12.0. The van der Waals surface area contributed by atoms with E-state index in [0.29, 0.717) is 0 Å². The Bertz CT molecular complexity index is 1110. The van der Waals surface area contributed by atoms with Gasteiger partial charge in [0.25, 0.3) is 0 Å². The van der Waals surface area contributed by atoms with E-state index in [4.69, 9.17) is 0 Å². The number of nitrogens with zero attached hydrogens (tertiary/aromatic N) is 1. The highest BCUT2D eigenvalue weighted by molar-refractivity contribution is 5.58.